The molecule has 1 aliphatic carbocycles. The minimum Gasteiger partial charge on any atom is -0.507 e. The van der Waals surface area contributed by atoms with Crippen molar-refractivity contribution in [3.05, 3.63) is 65.1 Å². The third-order valence-corrected chi connectivity index (χ3v) is 8.79. The summed E-state index contributed by atoms with van der Waals surface area (Å²) >= 11 is 1.56. The smallest absolute Gasteiger partial charge is 0.254 e. The van der Waals surface area contributed by atoms with Gasteiger partial charge in [-0.2, -0.15) is 0 Å². The summed E-state index contributed by atoms with van der Waals surface area (Å²) in [7, 11) is 1.98. The van der Waals surface area contributed by atoms with Crippen LogP contribution in [0, 0.1) is 5.82 Å². The molecule has 1 aromatic heterocycles. The minimum atomic E-state index is -0.402. The molecule has 2 aliphatic rings. The first kappa shape index (κ1) is 26.8. The number of rotatable bonds is 6. The molecule has 2 aromatic carbocycles. The average Bonchev–Trinajstić information content (AvgIpc) is 3.49. The summed E-state index contributed by atoms with van der Waals surface area (Å²) in [6.07, 6.45) is 8.42. The van der Waals surface area contributed by atoms with Crippen LogP contribution in [0.15, 0.2) is 47.4 Å². The number of fused-ring (bicyclic) bond motifs is 1. The molecule has 5 rings (SSSR count). The van der Waals surface area contributed by atoms with Gasteiger partial charge in [0.05, 0.1) is 5.56 Å². The second-order valence-electron chi connectivity index (χ2n) is 11.6. The lowest BCUT2D eigenvalue weighted by atomic mass is 9.95. The van der Waals surface area contributed by atoms with Crippen LogP contribution >= 0.6 is 11.8 Å². The average molecular weight is 536 g/mol. The molecule has 0 spiro atoms. The lowest BCUT2D eigenvalue weighted by Gasteiger charge is -2.31. The number of benzene rings is 2. The van der Waals surface area contributed by atoms with E-state index in [2.05, 4.69) is 20.9 Å². The van der Waals surface area contributed by atoms with Crippen LogP contribution in [0.5, 0.6) is 5.75 Å². The van der Waals surface area contributed by atoms with E-state index < -0.39 is 5.54 Å². The highest BCUT2D eigenvalue weighted by Gasteiger charge is 2.28. The molecule has 2 N–H and O–H groups in total. The number of halogens is 1. The van der Waals surface area contributed by atoms with Crippen LogP contribution in [0.3, 0.4) is 0 Å². The summed E-state index contributed by atoms with van der Waals surface area (Å²) in [5.74, 6) is 0.328. The first-order valence-electron chi connectivity index (χ1n) is 13.6. The van der Waals surface area contributed by atoms with E-state index in [1.54, 1.807) is 30.0 Å². The van der Waals surface area contributed by atoms with Gasteiger partial charge in [0.25, 0.3) is 5.91 Å². The first-order valence-corrected chi connectivity index (χ1v) is 14.6. The number of aromatic nitrogens is 1. The van der Waals surface area contributed by atoms with Gasteiger partial charge in [0, 0.05) is 64.5 Å². The van der Waals surface area contributed by atoms with E-state index in [1.165, 1.54) is 43.4 Å². The molecule has 0 bridgehead atoms. The zero-order valence-electron chi connectivity index (χ0n) is 22.8. The number of nitrogens with one attached hydrogen (secondary N) is 1. The number of hydrogen-bond donors (Lipinski definition) is 2. The Balaban J connectivity index is 1.51. The number of amides is 1. The molecule has 0 saturated heterocycles. The fourth-order valence-electron chi connectivity index (χ4n) is 5.82. The van der Waals surface area contributed by atoms with Crippen LogP contribution in [0.25, 0.3) is 16.5 Å². The second-order valence-corrected chi connectivity index (χ2v) is 12.7. The maximum atomic E-state index is 13.5. The van der Waals surface area contributed by atoms with Crippen molar-refractivity contribution in [2.24, 2.45) is 7.05 Å². The predicted molar refractivity (Wildman–Crippen MR) is 154 cm³/mol. The molecule has 3 aromatic rings. The van der Waals surface area contributed by atoms with Crippen molar-refractivity contribution in [3.8, 4) is 5.75 Å². The van der Waals surface area contributed by atoms with E-state index in [9.17, 15) is 14.3 Å². The molecular formula is C31H38FN3O2S. The lowest BCUT2D eigenvalue weighted by molar-refractivity contribution is 0.0920. The van der Waals surface area contributed by atoms with Crippen molar-refractivity contribution in [1.82, 2.24) is 14.8 Å². The Kier molecular flexibility index (Phi) is 7.60. The van der Waals surface area contributed by atoms with Gasteiger partial charge in [0.15, 0.2) is 0 Å². The van der Waals surface area contributed by atoms with Gasteiger partial charge in [-0.1, -0.05) is 18.9 Å². The number of aromatic hydroxyl groups is 1. The quantitative estimate of drug-likeness (QED) is 0.338. The highest BCUT2D eigenvalue weighted by molar-refractivity contribution is 7.98. The van der Waals surface area contributed by atoms with Crippen molar-refractivity contribution in [3.63, 3.8) is 0 Å². The maximum absolute atomic E-state index is 13.5. The number of hydrogen-bond acceptors (Lipinski definition) is 4. The van der Waals surface area contributed by atoms with Gasteiger partial charge in [-0.05, 0) is 82.0 Å². The Morgan fingerprint density at radius 2 is 1.87 bits per heavy atom. The highest BCUT2D eigenvalue weighted by atomic mass is 32.2. The van der Waals surface area contributed by atoms with Gasteiger partial charge in [0.2, 0.25) is 0 Å². The van der Waals surface area contributed by atoms with Crippen molar-refractivity contribution < 1.29 is 14.3 Å². The molecule has 1 aliphatic heterocycles. The molecule has 5 nitrogen and oxygen atoms in total. The third-order valence-electron chi connectivity index (χ3n) is 7.77. The van der Waals surface area contributed by atoms with Crippen LogP contribution < -0.4 is 5.32 Å². The summed E-state index contributed by atoms with van der Waals surface area (Å²) in [6, 6.07) is 10.9. The number of phenolic OH excluding ortho intramolecular Hbond substituents is 1. The van der Waals surface area contributed by atoms with E-state index >= 15 is 0 Å². The summed E-state index contributed by atoms with van der Waals surface area (Å²) in [4.78, 5) is 17.1. The first-order chi connectivity index (χ1) is 18.1. The van der Waals surface area contributed by atoms with Crippen molar-refractivity contribution in [2.45, 2.75) is 75.1 Å². The Hall–Kier alpha value is -2.77. The Morgan fingerprint density at radius 1 is 1.16 bits per heavy atom. The molecule has 7 heteroatoms. The molecule has 2 heterocycles. The fraction of sp³-hybridized carbons (Fsp3) is 0.452. The summed E-state index contributed by atoms with van der Waals surface area (Å²) < 4.78 is 15.5. The molecule has 1 amide bonds. The van der Waals surface area contributed by atoms with Gasteiger partial charge < -0.3 is 15.0 Å². The number of thioether (sulfide) groups is 1. The van der Waals surface area contributed by atoms with Gasteiger partial charge in [-0.25, -0.2) is 4.39 Å². The van der Waals surface area contributed by atoms with E-state index in [0.29, 0.717) is 17.4 Å². The number of carbonyl (C=O) groups is 1. The molecule has 202 valence electrons. The van der Waals surface area contributed by atoms with E-state index in [0.717, 1.165) is 46.6 Å². The summed E-state index contributed by atoms with van der Waals surface area (Å²) in [5, 5.41) is 15.0. The van der Waals surface area contributed by atoms with E-state index in [1.807, 2.05) is 33.9 Å². The highest BCUT2D eigenvalue weighted by Crippen LogP contribution is 2.39. The summed E-state index contributed by atoms with van der Waals surface area (Å²) in [6.45, 7) is 7.82. The second kappa shape index (κ2) is 10.8. The molecule has 1 fully saturated rings. The van der Waals surface area contributed by atoms with Gasteiger partial charge in [-0.3, -0.25) is 9.69 Å². The van der Waals surface area contributed by atoms with Crippen LogP contribution in [-0.2, 0) is 12.8 Å². The van der Waals surface area contributed by atoms with Crippen LogP contribution in [-0.4, -0.2) is 45.2 Å². The molecular weight excluding hydrogens is 497 g/mol. The number of phenols is 1. The summed E-state index contributed by atoms with van der Waals surface area (Å²) in [5.41, 5.74) is 4.00. The maximum Gasteiger partial charge on any atom is 0.254 e. The SMILES string of the molecule is Cn1c(CSc2ccc(F)cc2)c(C(=O)NC(C)(C)C)c2cc(O)c(C3=CCN(C4CCCC4)CC3)cc21. The largest absolute Gasteiger partial charge is 0.507 e. The van der Waals surface area contributed by atoms with Crippen molar-refractivity contribution in [2.75, 3.05) is 13.1 Å². The van der Waals surface area contributed by atoms with Gasteiger partial charge in [0.1, 0.15) is 11.6 Å². The van der Waals surface area contributed by atoms with Crippen LogP contribution in [0.4, 0.5) is 4.39 Å². The van der Waals surface area contributed by atoms with Gasteiger partial charge >= 0.3 is 0 Å². The topological polar surface area (TPSA) is 57.5 Å². The number of aryl methyl sites for hydroxylation is 1. The Labute approximate surface area is 229 Å². The molecule has 0 radical (unpaired) electrons. The molecule has 1 saturated carbocycles. The van der Waals surface area contributed by atoms with Crippen molar-refractivity contribution >= 4 is 34.1 Å². The molecule has 38 heavy (non-hydrogen) atoms. The van der Waals surface area contributed by atoms with Crippen LogP contribution in [0.2, 0.25) is 0 Å². The van der Waals surface area contributed by atoms with Crippen LogP contribution in [0.1, 0.15) is 74.5 Å². The minimum absolute atomic E-state index is 0.158. The fourth-order valence-corrected chi connectivity index (χ4v) is 6.79. The van der Waals surface area contributed by atoms with Crippen molar-refractivity contribution in [1.29, 1.82) is 0 Å². The van der Waals surface area contributed by atoms with Gasteiger partial charge in [-0.15, -0.1) is 11.8 Å². The lowest BCUT2D eigenvalue weighted by Crippen LogP contribution is -2.40. The third kappa shape index (κ3) is 5.64. The Morgan fingerprint density at radius 3 is 2.50 bits per heavy atom. The van der Waals surface area contributed by atoms with E-state index in [-0.39, 0.29) is 17.5 Å². The zero-order chi connectivity index (χ0) is 27.0. The predicted octanol–water partition coefficient (Wildman–Crippen LogP) is 6.88. The van der Waals surface area contributed by atoms with E-state index in [4.69, 9.17) is 0 Å². The molecule has 0 unspecified atom stereocenters. The number of nitrogens with zero attached hydrogens (tertiary/aromatic N) is 2. The Bertz CT molecular complexity index is 1360. The zero-order valence-corrected chi connectivity index (χ0v) is 23.6. The monoisotopic (exact) mass is 535 g/mol. The standard InChI is InChI=1S/C31H38FN3O2S/c1-31(2,3)33-30(37)29-25-18-28(36)24(20-13-15-35(16-14-20)22-7-5-6-8-22)17-26(25)34(4)27(29)19-38-23-11-9-21(32)10-12-23/h9-13,17-18,22,36H,5-8,14-16,19H2,1-4H3,(H,33,37). The number of carbonyl (C=O) groups excluding carboxylic acids is 1. The normalized spacial score (nSPS) is 17.2. The molecule has 0 atom stereocenters.